The molecule has 6 heteroatoms. The third kappa shape index (κ3) is 3.28. The predicted octanol–water partition coefficient (Wildman–Crippen LogP) is 0.695. The summed E-state index contributed by atoms with van der Waals surface area (Å²) >= 11 is 3.11. The Kier molecular flexibility index (Phi) is 4.92. The lowest BCUT2D eigenvalue weighted by atomic mass is 10.4. The largest absolute Gasteiger partial charge is 0.350 e. The number of rotatable bonds is 5. The molecular formula is C8H13N3OS2. The first-order valence-electron chi connectivity index (χ1n) is 4.19. The molecule has 4 nitrogen and oxygen atoms in total. The van der Waals surface area contributed by atoms with Crippen molar-refractivity contribution in [3.63, 3.8) is 0 Å². The Hall–Kier alpha value is -0.590. The number of amides is 1. The summed E-state index contributed by atoms with van der Waals surface area (Å²) in [6.45, 7) is 1.07. The molecule has 14 heavy (non-hydrogen) atoms. The molecule has 1 amide bonds. The molecule has 1 heterocycles. The summed E-state index contributed by atoms with van der Waals surface area (Å²) in [7, 11) is 0. The third-order valence-electron chi connectivity index (χ3n) is 1.55. The summed E-state index contributed by atoms with van der Waals surface area (Å²) < 4.78 is 0. The molecule has 0 saturated carbocycles. The van der Waals surface area contributed by atoms with Gasteiger partial charge in [0.15, 0.2) is 0 Å². The van der Waals surface area contributed by atoms with E-state index in [2.05, 4.69) is 10.3 Å². The van der Waals surface area contributed by atoms with Crippen molar-refractivity contribution in [3.05, 3.63) is 16.1 Å². The molecule has 0 fully saturated rings. The lowest BCUT2D eigenvalue weighted by molar-refractivity contribution is 0.0952. The SMILES string of the molecule is CSCCNC(=O)c1csc(CN)n1. The van der Waals surface area contributed by atoms with Gasteiger partial charge in [0, 0.05) is 24.2 Å². The van der Waals surface area contributed by atoms with E-state index in [0.29, 0.717) is 18.8 Å². The van der Waals surface area contributed by atoms with Gasteiger partial charge in [0.1, 0.15) is 10.7 Å². The average Bonchev–Trinajstić information content (AvgIpc) is 2.66. The van der Waals surface area contributed by atoms with Gasteiger partial charge in [0.2, 0.25) is 0 Å². The number of nitrogens with zero attached hydrogens (tertiary/aromatic N) is 1. The summed E-state index contributed by atoms with van der Waals surface area (Å²) in [6, 6.07) is 0. The second-order valence-corrected chi connectivity index (χ2v) is 4.51. The van der Waals surface area contributed by atoms with Crippen LogP contribution < -0.4 is 11.1 Å². The third-order valence-corrected chi connectivity index (χ3v) is 3.03. The summed E-state index contributed by atoms with van der Waals surface area (Å²) in [5.41, 5.74) is 5.87. The molecule has 0 aliphatic rings. The Morgan fingerprint density at radius 2 is 2.57 bits per heavy atom. The number of nitrogens with two attached hydrogens (primary N) is 1. The van der Waals surface area contributed by atoms with Gasteiger partial charge in [0.05, 0.1) is 0 Å². The van der Waals surface area contributed by atoms with Gasteiger partial charge in [-0.1, -0.05) is 0 Å². The maximum atomic E-state index is 11.4. The van der Waals surface area contributed by atoms with Crippen LogP contribution in [0.4, 0.5) is 0 Å². The molecule has 1 aromatic rings. The molecule has 3 N–H and O–H groups in total. The summed E-state index contributed by atoms with van der Waals surface area (Å²) in [6.07, 6.45) is 2.00. The van der Waals surface area contributed by atoms with Gasteiger partial charge in [-0.3, -0.25) is 4.79 Å². The highest BCUT2D eigenvalue weighted by Crippen LogP contribution is 2.08. The zero-order chi connectivity index (χ0) is 10.4. The van der Waals surface area contributed by atoms with Crippen LogP contribution in [0.2, 0.25) is 0 Å². The second kappa shape index (κ2) is 6.00. The number of nitrogens with one attached hydrogen (secondary N) is 1. The van der Waals surface area contributed by atoms with Crippen LogP contribution in [0.25, 0.3) is 0 Å². The van der Waals surface area contributed by atoms with Crippen molar-refractivity contribution in [2.75, 3.05) is 18.6 Å². The van der Waals surface area contributed by atoms with E-state index in [1.54, 1.807) is 17.1 Å². The van der Waals surface area contributed by atoms with Crippen molar-refractivity contribution < 1.29 is 4.79 Å². The van der Waals surface area contributed by atoms with E-state index < -0.39 is 0 Å². The molecule has 0 aliphatic heterocycles. The van der Waals surface area contributed by atoms with E-state index in [9.17, 15) is 4.79 Å². The van der Waals surface area contributed by atoms with Crippen molar-refractivity contribution in [1.82, 2.24) is 10.3 Å². The molecule has 0 aromatic carbocycles. The molecule has 1 rings (SSSR count). The van der Waals surface area contributed by atoms with E-state index in [1.165, 1.54) is 11.3 Å². The van der Waals surface area contributed by atoms with Crippen LogP contribution >= 0.6 is 23.1 Å². The monoisotopic (exact) mass is 231 g/mol. The summed E-state index contributed by atoms with van der Waals surface area (Å²) in [4.78, 5) is 15.5. The minimum Gasteiger partial charge on any atom is -0.350 e. The Labute approximate surface area is 91.3 Å². The first-order chi connectivity index (χ1) is 6.77. The Balaban J connectivity index is 2.44. The molecule has 0 radical (unpaired) electrons. The average molecular weight is 231 g/mol. The minimum absolute atomic E-state index is 0.116. The van der Waals surface area contributed by atoms with Crippen LogP contribution in [0.15, 0.2) is 5.38 Å². The molecule has 0 aliphatic carbocycles. The van der Waals surface area contributed by atoms with E-state index in [-0.39, 0.29) is 5.91 Å². The van der Waals surface area contributed by atoms with Gasteiger partial charge in [-0.05, 0) is 6.26 Å². The standard InChI is InChI=1S/C8H13N3OS2/c1-13-3-2-10-8(12)6-5-14-7(4-9)11-6/h5H,2-4,9H2,1H3,(H,10,12). The van der Waals surface area contributed by atoms with Gasteiger partial charge in [0.25, 0.3) is 5.91 Å². The van der Waals surface area contributed by atoms with Gasteiger partial charge in [-0.2, -0.15) is 11.8 Å². The van der Waals surface area contributed by atoms with Crippen LogP contribution in [-0.2, 0) is 6.54 Å². The number of carbonyl (C=O) groups is 1. The number of hydrogen-bond donors (Lipinski definition) is 2. The van der Waals surface area contributed by atoms with E-state index in [1.807, 2.05) is 6.26 Å². The number of hydrogen-bond acceptors (Lipinski definition) is 5. The Bertz CT molecular complexity index is 301. The van der Waals surface area contributed by atoms with Crippen molar-refractivity contribution in [2.45, 2.75) is 6.54 Å². The van der Waals surface area contributed by atoms with Crippen molar-refractivity contribution >= 4 is 29.0 Å². The predicted molar refractivity (Wildman–Crippen MR) is 60.7 cm³/mol. The number of aromatic nitrogens is 1. The number of thioether (sulfide) groups is 1. The summed E-state index contributed by atoms with van der Waals surface area (Å²) in [5, 5.41) is 5.31. The highest BCUT2D eigenvalue weighted by atomic mass is 32.2. The molecule has 0 unspecified atom stereocenters. The lowest BCUT2D eigenvalue weighted by Gasteiger charge is -2.00. The zero-order valence-corrected chi connectivity index (χ0v) is 9.58. The van der Waals surface area contributed by atoms with Crippen molar-refractivity contribution in [2.24, 2.45) is 5.73 Å². The maximum absolute atomic E-state index is 11.4. The molecular weight excluding hydrogens is 218 g/mol. The van der Waals surface area contributed by atoms with Crippen molar-refractivity contribution in [3.8, 4) is 0 Å². The summed E-state index contributed by atoms with van der Waals surface area (Å²) in [5.74, 6) is 0.801. The van der Waals surface area contributed by atoms with E-state index in [0.717, 1.165) is 10.8 Å². The molecule has 0 bridgehead atoms. The second-order valence-electron chi connectivity index (χ2n) is 2.58. The molecule has 78 valence electrons. The highest BCUT2D eigenvalue weighted by molar-refractivity contribution is 7.98. The van der Waals surface area contributed by atoms with Gasteiger partial charge >= 0.3 is 0 Å². The van der Waals surface area contributed by atoms with Crippen LogP contribution in [0.5, 0.6) is 0 Å². The highest BCUT2D eigenvalue weighted by Gasteiger charge is 2.08. The van der Waals surface area contributed by atoms with E-state index >= 15 is 0 Å². The fraction of sp³-hybridized carbons (Fsp3) is 0.500. The van der Waals surface area contributed by atoms with Gasteiger partial charge in [-0.15, -0.1) is 11.3 Å². The molecule has 1 aromatic heterocycles. The number of thiazole rings is 1. The molecule has 0 saturated heterocycles. The normalized spacial score (nSPS) is 10.1. The van der Waals surface area contributed by atoms with Crippen LogP contribution in [0.1, 0.15) is 15.5 Å². The van der Waals surface area contributed by atoms with Crippen molar-refractivity contribution in [1.29, 1.82) is 0 Å². The Morgan fingerprint density at radius 3 is 3.14 bits per heavy atom. The fourth-order valence-electron chi connectivity index (χ4n) is 0.866. The fourth-order valence-corrected chi connectivity index (χ4v) is 1.83. The number of carbonyl (C=O) groups excluding carboxylic acids is 1. The first kappa shape index (κ1) is 11.5. The van der Waals surface area contributed by atoms with Gasteiger partial charge in [-0.25, -0.2) is 4.98 Å². The molecule has 0 atom stereocenters. The lowest BCUT2D eigenvalue weighted by Crippen LogP contribution is -2.26. The smallest absolute Gasteiger partial charge is 0.270 e. The van der Waals surface area contributed by atoms with Gasteiger partial charge < -0.3 is 11.1 Å². The van der Waals surface area contributed by atoms with Crippen LogP contribution in [0.3, 0.4) is 0 Å². The first-order valence-corrected chi connectivity index (χ1v) is 6.47. The molecule has 0 spiro atoms. The van der Waals surface area contributed by atoms with Crippen LogP contribution in [-0.4, -0.2) is 29.4 Å². The topological polar surface area (TPSA) is 68.0 Å². The quantitative estimate of drug-likeness (QED) is 0.732. The minimum atomic E-state index is -0.116. The van der Waals surface area contributed by atoms with E-state index in [4.69, 9.17) is 5.73 Å². The van der Waals surface area contributed by atoms with Crippen LogP contribution in [0, 0.1) is 0 Å². The Morgan fingerprint density at radius 1 is 1.79 bits per heavy atom. The maximum Gasteiger partial charge on any atom is 0.270 e. The zero-order valence-electron chi connectivity index (χ0n) is 7.95.